The molecule has 0 aliphatic carbocycles. The smallest absolute Gasteiger partial charge is 0.327 e. The number of nitrogens with one attached hydrogen (secondary N) is 2. The molecule has 0 unspecified atom stereocenters. The number of fused-ring (bicyclic) bond motifs is 1. The molecule has 0 spiro atoms. The van der Waals surface area contributed by atoms with Gasteiger partial charge in [0.15, 0.2) is 0 Å². The third-order valence-electron chi connectivity index (χ3n) is 4.51. The fourth-order valence-corrected chi connectivity index (χ4v) is 3.08. The molecule has 0 saturated carbocycles. The fraction of sp³-hybridized carbons (Fsp3) is 0.300. The molecule has 1 amide bonds. The lowest BCUT2D eigenvalue weighted by Crippen LogP contribution is -2.32. The molecule has 130 valence electrons. The van der Waals surface area contributed by atoms with Crippen molar-refractivity contribution in [2.75, 3.05) is 12.4 Å². The zero-order valence-corrected chi connectivity index (χ0v) is 14.4. The largest absolute Gasteiger partial charge is 0.468 e. The van der Waals surface area contributed by atoms with E-state index >= 15 is 0 Å². The van der Waals surface area contributed by atoms with Crippen LogP contribution in [0.3, 0.4) is 0 Å². The van der Waals surface area contributed by atoms with Crippen LogP contribution >= 0.6 is 0 Å². The van der Waals surface area contributed by atoms with Gasteiger partial charge in [-0.1, -0.05) is 42.5 Å². The van der Waals surface area contributed by atoms with Crippen molar-refractivity contribution in [2.24, 2.45) is 0 Å². The molecular weight excluding hydrogens is 316 g/mol. The summed E-state index contributed by atoms with van der Waals surface area (Å²) in [6, 6.07) is 14.9. The molecule has 2 aromatic carbocycles. The van der Waals surface area contributed by atoms with E-state index in [0.717, 1.165) is 28.8 Å². The molecule has 1 aliphatic heterocycles. The molecule has 2 N–H and O–H groups in total. The molecule has 3 rings (SSSR count). The van der Waals surface area contributed by atoms with E-state index in [4.69, 9.17) is 4.74 Å². The minimum absolute atomic E-state index is 0.0489. The Hall–Kier alpha value is -2.66. The molecule has 25 heavy (non-hydrogen) atoms. The molecular formula is C20H22N2O3. The Balaban J connectivity index is 1.81. The summed E-state index contributed by atoms with van der Waals surface area (Å²) in [6.07, 6.45) is 1.24. The van der Waals surface area contributed by atoms with Crippen LogP contribution in [-0.2, 0) is 20.7 Å². The number of methoxy groups -OCH3 is 1. The van der Waals surface area contributed by atoms with Crippen LogP contribution in [0.5, 0.6) is 0 Å². The van der Waals surface area contributed by atoms with Crippen LogP contribution in [0.25, 0.3) is 0 Å². The maximum absolute atomic E-state index is 12.2. The van der Waals surface area contributed by atoms with Gasteiger partial charge in [-0.2, -0.15) is 0 Å². The second-order valence-electron chi connectivity index (χ2n) is 6.22. The van der Waals surface area contributed by atoms with Crippen molar-refractivity contribution >= 4 is 17.6 Å². The van der Waals surface area contributed by atoms with E-state index in [-0.39, 0.29) is 17.9 Å². The van der Waals surface area contributed by atoms with Crippen molar-refractivity contribution < 1.29 is 14.3 Å². The second kappa shape index (κ2) is 7.49. The molecule has 1 aliphatic rings. The molecule has 5 heteroatoms. The highest BCUT2D eigenvalue weighted by Crippen LogP contribution is 2.27. The minimum Gasteiger partial charge on any atom is -0.468 e. The number of benzene rings is 2. The number of esters is 1. The van der Waals surface area contributed by atoms with Gasteiger partial charge in [-0.15, -0.1) is 0 Å². The minimum atomic E-state index is -0.531. The van der Waals surface area contributed by atoms with Gasteiger partial charge in [0.1, 0.15) is 6.04 Å². The first-order valence-electron chi connectivity index (χ1n) is 8.40. The van der Waals surface area contributed by atoms with E-state index in [1.807, 2.05) is 49.4 Å². The predicted molar refractivity (Wildman–Crippen MR) is 96.1 cm³/mol. The normalized spacial score (nSPS) is 15.7. The second-order valence-corrected chi connectivity index (χ2v) is 6.22. The standard InChI is InChI=1S/C20H22N2O3/c1-13(15-8-10-17-16(12-15)9-11-18(23)22-17)21-19(20(24)25-2)14-6-4-3-5-7-14/h3-8,10,12-13,19,21H,9,11H2,1-2H3,(H,22,23)/t13-,19-/m0/s1. The number of carbonyl (C=O) groups is 2. The molecule has 0 radical (unpaired) electrons. The quantitative estimate of drug-likeness (QED) is 0.822. The van der Waals surface area contributed by atoms with Crippen molar-refractivity contribution in [3.8, 4) is 0 Å². The average Bonchev–Trinajstić information content (AvgIpc) is 2.65. The molecule has 5 nitrogen and oxygen atoms in total. The van der Waals surface area contributed by atoms with Crippen LogP contribution in [0, 0.1) is 0 Å². The summed E-state index contributed by atoms with van der Waals surface area (Å²) in [5.41, 5.74) is 3.94. The number of amides is 1. The van der Waals surface area contributed by atoms with Crippen LogP contribution in [0.15, 0.2) is 48.5 Å². The summed E-state index contributed by atoms with van der Waals surface area (Å²) in [7, 11) is 1.40. The van der Waals surface area contributed by atoms with Crippen LogP contribution in [0.1, 0.15) is 42.1 Å². The lowest BCUT2D eigenvalue weighted by Gasteiger charge is -2.24. The summed E-state index contributed by atoms with van der Waals surface area (Å²) in [5, 5.41) is 6.24. The van der Waals surface area contributed by atoms with Crippen molar-refractivity contribution in [3.05, 3.63) is 65.2 Å². The highest BCUT2D eigenvalue weighted by atomic mass is 16.5. The summed E-state index contributed by atoms with van der Waals surface area (Å²) in [4.78, 5) is 23.7. The monoisotopic (exact) mass is 338 g/mol. The lowest BCUT2D eigenvalue weighted by atomic mass is 9.97. The van der Waals surface area contributed by atoms with Crippen molar-refractivity contribution in [3.63, 3.8) is 0 Å². The van der Waals surface area contributed by atoms with Crippen molar-refractivity contribution in [2.45, 2.75) is 31.8 Å². The van der Waals surface area contributed by atoms with E-state index in [0.29, 0.717) is 6.42 Å². The number of ether oxygens (including phenoxy) is 1. The van der Waals surface area contributed by atoms with Gasteiger partial charge in [0.05, 0.1) is 7.11 Å². The fourth-order valence-electron chi connectivity index (χ4n) is 3.08. The average molecular weight is 338 g/mol. The first-order valence-corrected chi connectivity index (χ1v) is 8.40. The van der Waals surface area contributed by atoms with Gasteiger partial charge >= 0.3 is 5.97 Å². The van der Waals surface area contributed by atoms with Gasteiger partial charge in [-0.05, 0) is 36.1 Å². The third-order valence-corrected chi connectivity index (χ3v) is 4.51. The Morgan fingerprint density at radius 3 is 2.60 bits per heavy atom. The van der Waals surface area contributed by atoms with Gasteiger partial charge in [0.2, 0.25) is 5.91 Å². The molecule has 2 aromatic rings. The number of anilines is 1. The van der Waals surface area contributed by atoms with Gasteiger partial charge < -0.3 is 10.1 Å². The SMILES string of the molecule is COC(=O)[C@@H](N[C@@H](C)c1ccc2c(c1)CCC(=O)N2)c1ccccc1. The van der Waals surface area contributed by atoms with Crippen LogP contribution < -0.4 is 10.6 Å². The molecule has 1 heterocycles. The lowest BCUT2D eigenvalue weighted by molar-refractivity contribution is -0.143. The van der Waals surface area contributed by atoms with Gasteiger partial charge in [-0.25, -0.2) is 4.79 Å². The topological polar surface area (TPSA) is 67.4 Å². The Morgan fingerprint density at radius 1 is 1.12 bits per heavy atom. The van der Waals surface area contributed by atoms with Gasteiger partial charge in [0, 0.05) is 18.2 Å². The van der Waals surface area contributed by atoms with E-state index in [1.165, 1.54) is 7.11 Å². The zero-order chi connectivity index (χ0) is 17.8. The maximum Gasteiger partial charge on any atom is 0.327 e. The number of hydrogen-bond donors (Lipinski definition) is 2. The first kappa shape index (κ1) is 17.2. The Bertz CT molecular complexity index is 774. The third kappa shape index (κ3) is 3.88. The van der Waals surface area contributed by atoms with E-state index in [9.17, 15) is 9.59 Å². The summed E-state index contributed by atoms with van der Waals surface area (Å²) < 4.78 is 4.96. The maximum atomic E-state index is 12.2. The summed E-state index contributed by atoms with van der Waals surface area (Å²) in [6.45, 7) is 2.02. The summed E-state index contributed by atoms with van der Waals surface area (Å²) in [5.74, 6) is -0.260. The Morgan fingerprint density at radius 2 is 1.88 bits per heavy atom. The molecule has 0 fully saturated rings. The molecule has 0 saturated heterocycles. The highest BCUT2D eigenvalue weighted by molar-refractivity contribution is 5.93. The van der Waals surface area contributed by atoms with Crippen molar-refractivity contribution in [1.29, 1.82) is 0 Å². The molecule has 0 bridgehead atoms. The number of aryl methyl sites for hydroxylation is 1. The Labute approximate surface area is 147 Å². The Kier molecular flexibility index (Phi) is 5.14. The van der Waals surface area contributed by atoms with Crippen LogP contribution in [0.2, 0.25) is 0 Å². The predicted octanol–water partition coefficient (Wildman–Crippen LogP) is 3.14. The zero-order valence-electron chi connectivity index (χ0n) is 14.4. The number of rotatable bonds is 5. The summed E-state index contributed by atoms with van der Waals surface area (Å²) >= 11 is 0. The molecule has 0 aromatic heterocycles. The molecule has 2 atom stereocenters. The van der Waals surface area contributed by atoms with Crippen molar-refractivity contribution in [1.82, 2.24) is 5.32 Å². The van der Waals surface area contributed by atoms with E-state index in [1.54, 1.807) is 0 Å². The van der Waals surface area contributed by atoms with Crippen LogP contribution in [0.4, 0.5) is 5.69 Å². The number of carbonyl (C=O) groups excluding carboxylic acids is 2. The van der Waals surface area contributed by atoms with Gasteiger partial charge in [-0.3, -0.25) is 10.1 Å². The van der Waals surface area contributed by atoms with E-state index < -0.39 is 6.04 Å². The van der Waals surface area contributed by atoms with Crippen LogP contribution in [-0.4, -0.2) is 19.0 Å². The van der Waals surface area contributed by atoms with Gasteiger partial charge in [0.25, 0.3) is 0 Å². The first-order chi connectivity index (χ1) is 12.1. The van der Waals surface area contributed by atoms with E-state index in [2.05, 4.69) is 16.7 Å². The highest BCUT2D eigenvalue weighted by Gasteiger charge is 2.24. The number of hydrogen-bond acceptors (Lipinski definition) is 4.